The molecule has 3 nitrogen and oxygen atoms in total. The van der Waals surface area contributed by atoms with Crippen molar-refractivity contribution in [1.82, 2.24) is 4.90 Å². The maximum Gasteiger partial charge on any atom is 0.261 e. The number of carbonyl (C=O) groups excluding carboxylic acids is 2. The van der Waals surface area contributed by atoms with Crippen LogP contribution >= 0.6 is 7.26 Å². The minimum atomic E-state index is -2.05. The summed E-state index contributed by atoms with van der Waals surface area (Å²) in [4.78, 5) is 27.7. The van der Waals surface area contributed by atoms with E-state index >= 15 is 0 Å². The summed E-state index contributed by atoms with van der Waals surface area (Å²) in [6.45, 7) is 9.27. The van der Waals surface area contributed by atoms with E-state index in [1.165, 1.54) is 26.4 Å². The zero-order valence-corrected chi connectivity index (χ0v) is 27.5. The van der Waals surface area contributed by atoms with Gasteiger partial charge in [-0.15, -0.1) is 0 Å². The third kappa shape index (κ3) is 5.55. The molecule has 4 heteroatoms. The Hall–Kier alpha value is -4.33. The molecule has 5 aromatic carbocycles. The molecule has 0 N–H and O–H groups in total. The van der Waals surface area contributed by atoms with E-state index in [4.69, 9.17) is 0 Å². The van der Waals surface area contributed by atoms with Crippen molar-refractivity contribution in [2.75, 3.05) is 12.7 Å². The number of hydrogen-bond acceptors (Lipinski definition) is 2. The van der Waals surface area contributed by atoms with E-state index in [9.17, 15) is 9.59 Å². The Kier molecular flexibility index (Phi) is 8.33. The molecule has 45 heavy (non-hydrogen) atoms. The maximum atomic E-state index is 13.1. The van der Waals surface area contributed by atoms with Gasteiger partial charge in [0.2, 0.25) is 0 Å². The minimum absolute atomic E-state index is 0.111. The Bertz CT molecular complexity index is 1670. The molecule has 0 bridgehead atoms. The van der Waals surface area contributed by atoms with Crippen molar-refractivity contribution >= 4 is 35.0 Å². The van der Waals surface area contributed by atoms with Crippen LogP contribution in [-0.2, 0) is 10.8 Å². The second-order valence-electron chi connectivity index (χ2n) is 13.1. The molecule has 226 valence electrons. The fourth-order valence-electron chi connectivity index (χ4n) is 6.89. The normalized spacial score (nSPS) is 14.7. The number of hydrogen-bond donors (Lipinski definition) is 0. The van der Waals surface area contributed by atoms with Gasteiger partial charge >= 0.3 is 0 Å². The van der Waals surface area contributed by atoms with E-state index in [1.54, 1.807) is 12.1 Å². The molecule has 1 heterocycles. The van der Waals surface area contributed by atoms with Gasteiger partial charge in [0, 0.05) is 17.4 Å². The Morgan fingerprint density at radius 3 is 1.31 bits per heavy atom. The van der Waals surface area contributed by atoms with Gasteiger partial charge in [-0.2, -0.15) is 0 Å². The fourth-order valence-corrected chi connectivity index (χ4v) is 11.8. The largest absolute Gasteiger partial charge is 0.273 e. The number of amides is 2. The Balaban J connectivity index is 1.36. The number of nitrogens with zero attached hydrogens (tertiary/aromatic N) is 1. The average Bonchev–Trinajstić information content (AvgIpc) is 3.32. The maximum absolute atomic E-state index is 13.1. The lowest BCUT2D eigenvalue weighted by molar-refractivity contribution is 0.0623. The van der Waals surface area contributed by atoms with Crippen molar-refractivity contribution < 1.29 is 9.59 Å². The molecule has 0 spiro atoms. The van der Waals surface area contributed by atoms with Gasteiger partial charge in [0.15, 0.2) is 0 Å². The van der Waals surface area contributed by atoms with Gasteiger partial charge in [0.25, 0.3) is 11.8 Å². The van der Waals surface area contributed by atoms with Crippen molar-refractivity contribution in [1.29, 1.82) is 0 Å². The molecule has 0 aliphatic carbocycles. The highest BCUT2D eigenvalue weighted by Gasteiger charge is 2.50. The SMILES string of the molecule is CCC(C)(C[P+](c1ccccc1)(c1ccccc1)c1ccccc1)c1ccc(C(C)(C)CN2C(=O)c3ccccc3C2=O)cc1. The molecule has 6 rings (SSSR count). The summed E-state index contributed by atoms with van der Waals surface area (Å²) < 4.78 is 0. The topological polar surface area (TPSA) is 37.4 Å². The second-order valence-corrected chi connectivity index (χ2v) is 16.6. The van der Waals surface area contributed by atoms with Crippen LogP contribution in [-0.4, -0.2) is 29.4 Å². The molecule has 2 amide bonds. The Labute approximate surface area is 268 Å². The van der Waals surface area contributed by atoms with Crippen molar-refractivity contribution in [3.63, 3.8) is 0 Å². The second kappa shape index (κ2) is 12.2. The van der Waals surface area contributed by atoms with Gasteiger partial charge in [-0.3, -0.25) is 14.5 Å². The molecule has 0 saturated heterocycles. The standard InChI is InChI=1S/C41H41NO2P/c1-5-41(4,30-45(33-17-9-6-10-18-33,34-19-11-7-12-20-34)35-21-13-8-14-22-35)32-27-25-31(26-28-32)40(2,3)29-42-38(43)36-23-15-16-24-37(36)39(42)44/h6-28H,5,29-30H2,1-4H3/q+1. The smallest absolute Gasteiger partial charge is 0.261 e. The summed E-state index contributed by atoms with van der Waals surface area (Å²) in [6, 6.07) is 49.3. The van der Waals surface area contributed by atoms with Crippen LogP contribution in [0.1, 0.15) is 66.0 Å². The van der Waals surface area contributed by atoms with Crippen LogP contribution in [0.2, 0.25) is 0 Å². The lowest BCUT2D eigenvalue weighted by atomic mass is 9.78. The highest BCUT2D eigenvalue weighted by Crippen LogP contribution is 2.59. The van der Waals surface area contributed by atoms with E-state index in [0.29, 0.717) is 17.7 Å². The first-order valence-corrected chi connectivity index (χ1v) is 17.8. The molecule has 1 aliphatic heterocycles. The quantitative estimate of drug-likeness (QED) is 0.119. The van der Waals surface area contributed by atoms with Crippen molar-refractivity contribution in [3.05, 3.63) is 162 Å². The first-order chi connectivity index (χ1) is 21.7. The summed E-state index contributed by atoms with van der Waals surface area (Å²) in [7, 11) is -2.05. The van der Waals surface area contributed by atoms with Crippen molar-refractivity contribution in [3.8, 4) is 0 Å². The van der Waals surface area contributed by atoms with Crippen LogP contribution in [0.25, 0.3) is 0 Å². The molecule has 1 unspecified atom stereocenters. The summed E-state index contributed by atoms with van der Waals surface area (Å²) in [6.07, 6.45) is 1.98. The van der Waals surface area contributed by atoms with Gasteiger partial charge in [-0.1, -0.05) is 119 Å². The van der Waals surface area contributed by atoms with E-state index in [1.807, 2.05) is 12.1 Å². The first-order valence-electron chi connectivity index (χ1n) is 15.8. The van der Waals surface area contributed by atoms with Gasteiger partial charge in [-0.05, 0) is 66.1 Å². The first kappa shape index (κ1) is 30.7. The summed E-state index contributed by atoms with van der Waals surface area (Å²) in [5.74, 6) is -0.413. The average molecular weight is 611 g/mol. The van der Waals surface area contributed by atoms with E-state index in [-0.39, 0.29) is 17.2 Å². The van der Waals surface area contributed by atoms with Crippen molar-refractivity contribution in [2.45, 2.75) is 44.9 Å². The van der Waals surface area contributed by atoms with Crippen LogP contribution in [0.5, 0.6) is 0 Å². The van der Waals surface area contributed by atoms with Gasteiger partial charge in [-0.25, -0.2) is 0 Å². The van der Waals surface area contributed by atoms with Gasteiger partial charge in [0.1, 0.15) is 23.2 Å². The van der Waals surface area contributed by atoms with Crippen molar-refractivity contribution in [2.24, 2.45) is 0 Å². The minimum Gasteiger partial charge on any atom is -0.273 e. The molecule has 0 saturated carbocycles. The van der Waals surface area contributed by atoms with Crippen LogP contribution in [0.4, 0.5) is 0 Å². The highest BCUT2D eigenvalue weighted by atomic mass is 31.2. The lowest BCUT2D eigenvalue weighted by Crippen LogP contribution is -2.41. The summed E-state index contributed by atoms with van der Waals surface area (Å²) in [5, 5.41) is 4.17. The van der Waals surface area contributed by atoms with Gasteiger partial charge in [0.05, 0.1) is 17.3 Å². The van der Waals surface area contributed by atoms with Gasteiger partial charge < -0.3 is 0 Å². The molecular formula is C41H41NO2P+. The Morgan fingerprint density at radius 2 is 0.911 bits per heavy atom. The number of fused-ring (bicyclic) bond motifs is 1. The molecular weight excluding hydrogens is 569 g/mol. The van der Waals surface area contributed by atoms with Crippen LogP contribution in [0.3, 0.4) is 0 Å². The zero-order chi connectivity index (χ0) is 31.7. The van der Waals surface area contributed by atoms with Crippen LogP contribution < -0.4 is 15.9 Å². The molecule has 1 atom stereocenters. The summed E-state index contributed by atoms with van der Waals surface area (Å²) in [5.41, 5.74) is 2.88. The predicted octanol–water partition coefficient (Wildman–Crippen LogP) is 7.92. The molecule has 5 aromatic rings. The highest BCUT2D eigenvalue weighted by molar-refractivity contribution is 7.95. The zero-order valence-electron chi connectivity index (χ0n) is 26.6. The number of imide groups is 1. The third-order valence-electron chi connectivity index (χ3n) is 9.75. The fraction of sp³-hybridized carbons (Fsp3) is 0.220. The molecule has 1 aliphatic rings. The lowest BCUT2D eigenvalue weighted by Gasteiger charge is -2.37. The van der Waals surface area contributed by atoms with E-state index in [2.05, 4.69) is 143 Å². The van der Waals surface area contributed by atoms with Crippen LogP contribution in [0.15, 0.2) is 140 Å². The predicted molar refractivity (Wildman–Crippen MR) is 189 cm³/mol. The monoisotopic (exact) mass is 610 g/mol. The van der Waals surface area contributed by atoms with Crippen LogP contribution in [0, 0.1) is 0 Å². The molecule has 0 fully saturated rings. The summed E-state index contributed by atoms with van der Waals surface area (Å²) >= 11 is 0. The molecule has 0 radical (unpaired) electrons. The number of carbonyl (C=O) groups is 2. The van der Waals surface area contributed by atoms with E-state index < -0.39 is 12.7 Å². The Morgan fingerprint density at radius 1 is 0.533 bits per heavy atom. The number of rotatable bonds is 10. The van der Waals surface area contributed by atoms with E-state index in [0.717, 1.165) is 18.1 Å². The molecule has 0 aromatic heterocycles. The number of benzene rings is 5. The third-order valence-corrected chi connectivity index (χ3v) is 14.5.